The number of nitrogens with zero attached hydrogens (tertiary/aromatic N) is 4. The van der Waals surface area contributed by atoms with Gasteiger partial charge in [0.25, 0.3) is 0 Å². The minimum absolute atomic E-state index is 0. The van der Waals surface area contributed by atoms with Gasteiger partial charge in [0.15, 0.2) is 0 Å². The number of unbranched alkanes of at least 4 members (excludes halogenated alkanes) is 56. The van der Waals surface area contributed by atoms with Crippen LogP contribution in [0.15, 0.2) is 50.6 Å². The minimum atomic E-state index is -5.39. The minimum Gasteiger partial charge on any atom is -1.00 e. The largest absolute Gasteiger partial charge is 1.00 e. The van der Waals surface area contributed by atoms with Crippen LogP contribution in [0, 0.1) is 0 Å². The second kappa shape index (κ2) is 85.3. The molecule has 4 amide bonds. The van der Waals surface area contributed by atoms with Gasteiger partial charge in [-0.05, 0) is 50.0 Å². The lowest BCUT2D eigenvalue weighted by molar-refractivity contribution is -0.807. The molecule has 14 heteroatoms. The number of amides is 4. The normalized spacial score (nSPS) is 11.5. The van der Waals surface area contributed by atoms with Crippen molar-refractivity contribution in [3.8, 4) is 0 Å². The van der Waals surface area contributed by atoms with Crippen LogP contribution in [0.3, 0.4) is 0 Å². The van der Waals surface area contributed by atoms with Crippen LogP contribution in [0.5, 0.6) is 0 Å². The highest BCUT2D eigenvalue weighted by molar-refractivity contribution is 7.40. The van der Waals surface area contributed by atoms with E-state index in [1.54, 1.807) is 0 Å². The summed E-state index contributed by atoms with van der Waals surface area (Å²) >= 11 is 0. The molecule has 0 saturated heterocycles. The molecule has 0 aliphatic carbocycles. The molecule has 0 radical (unpaired) electrons. The van der Waals surface area contributed by atoms with Gasteiger partial charge in [-0.2, -0.15) is 7.82 Å². The fourth-order valence-electron chi connectivity index (χ4n) is 13.5. The highest BCUT2D eigenvalue weighted by Gasteiger charge is 2.26. The Morgan fingerprint density at radius 2 is 0.311 bits per heavy atom. The summed E-state index contributed by atoms with van der Waals surface area (Å²) in [6.45, 7) is 27.0. The van der Waals surface area contributed by atoms with E-state index in [9.17, 15) is 19.2 Å². The van der Waals surface area contributed by atoms with Gasteiger partial charge in [-0.25, -0.2) is 19.2 Å². The van der Waals surface area contributed by atoms with Crippen LogP contribution >= 0.6 is 7.82 Å². The fraction of sp³-hybridized carbons (Fsp3) is 0.870. The van der Waals surface area contributed by atoms with Crippen molar-refractivity contribution in [2.75, 3.05) is 82.6 Å². The molecule has 0 rings (SSSR count). The second-order valence-corrected chi connectivity index (χ2v) is 34.3. The maximum atomic E-state index is 12.1. The molecule has 106 heavy (non-hydrogen) atoms. The molecule has 0 atom stereocenters. The first-order valence-electron chi connectivity index (χ1n) is 44.8. The second-order valence-electron chi connectivity index (χ2n) is 33.4. The van der Waals surface area contributed by atoms with E-state index in [4.69, 9.17) is 19.2 Å². The lowest BCUT2D eigenvalue weighted by Gasteiger charge is -2.36. The SMILES string of the molecule is C=CC[N+](C)(C)C(=O)CCCCCCCCCCCCCCCCC.C=CC[N+](C)(C)C(=O)CCCCCCCCCCCCCCCCC.C=CC[N+](C)(C)C(=O)CCCCCCCCCCCCCCCCC.C=CC[N+](C)(C)C(=O)CCCCCCCCCCCCCCCCC.O=P([O-])([O-])[O-].[Cl-]. The third kappa shape index (κ3) is 92.5. The summed E-state index contributed by atoms with van der Waals surface area (Å²) in [6, 6.07) is 0. The Kier molecular flexibility index (Phi) is 92.4. The number of rotatable bonds is 72. The van der Waals surface area contributed by atoms with Gasteiger partial charge in [0.05, 0.1) is 82.1 Å². The maximum absolute atomic E-state index is 12.1. The van der Waals surface area contributed by atoms with Crippen LogP contribution in [0.4, 0.5) is 0 Å². The Labute approximate surface area is 668 Å². The molecule has 0 aromatic rings. The molecule has 0 heterocycles. The van der Waals surface area contributed by atoms with Crippen molar-refractivity contribution in [2.24, 2.45) is 0 Å². The number of hydrogen-bond donors (Lipinski definition) is 0. The van der Waals surface area contributed by atoms with E-state index in [0.717, 1.165) is 77.5 Å². The Balaban J connectivity index is -0.000000306. The van der Waals surface area contributed by atoms with Gasteiger partial charge in [0.1, 0.15) is 26.2 Å². The van der Waals surface area contributed by atoms with Gasteiger partial charge in [-0.1, -0.05) is 414 Å². The predicted molar refractivity (Wildman–Crippen MR) is 455 cm³/mol. The van der Waals surface area contributed by atoms with Gasteiger partial charge in [0.2, 0.25) is 0 Å². The van der Waals surface area contributed by atoms with Crippen LogP contribution in [0.2, 0.25) is 0 Å². The van der Waals surface area contributed by atoms with Gasteiger partial charge in [-0.15, -0.1) is 0 Å². The van der Waals surface area contributed by atoms with Crippen molar-refractivity contribution in [2.45, 2.75) is 439 Å². The molecule has 12 nitrogen and oxygen atoms in total. The Bertz CT molecular complexity index is 1730. The monoisotopic (exact) mass is 1540 g/mol. The summed E-state index contributed by atoms with van der Waals surface area (Å²) in [5.41, 5.74) is 0. The molecule has 0 aromatic heterocycles. The molecular weight excluding hydrogens is 1360 g/mol. The number of carbonyl (C=O) groups excluding carboxylic acids is 4. The number of carbonyl (C=O) groups is 4. The molecule has 0 spiro atoms. The van der Waals surface area contributed by atoms with E-state index in [2.05, 4.69) is 54.0 Å². The van der Waals surface area contributed by atoms with Gasteiger partial charge >= 0.3 is 23.6 Å². The first-order chi connectivity index (χ1) is 50.2. The van der Waals surface area contributed by atoms with E-state index in [-0.39, 0.29) is 12.4 Å². The first kappa shape index (κ1) is 115. The average Bonchev–Trinajstić information content (AvgIpc) is 0.917. The Hall–Kier alpha value is -2.12. The molecule has 0 bridgehead atoms. The number of quaternary nitrogens is 4. The third-order valence-electron chi connectivity index (χ3n) is 21.0. The van der Waals surface area contributed by atoms with Gasteiger partial charge < -0.3 is 31.7 Å². The van der Waals surface area contributed by atoms with E-state index < -0.39 is 7.82 Å². The van der Waals surface area contributed by atoms with Crippen molar-refractivity contribution in [1.29, 1.82) is 0 Å². The van der Waals surface area contributed by atoms with Crippen LogP contribution < -0.4 is 27.1 Å². The number of phosphoric acid groups is 1. The van der Waals surface area contributed by atoms with Crippen LogP contribution in [0.25, 0.3) is 0 Å². The van der Waals surface area contributed by atoms with Crippen LogP contribution in [0.1, 0.15) is 439 Å². The molecular formula is C92H184ClN4O8P. The molecule has 0 aliphatic rings. The van der Waals surface area contributed by atoms with Crippen molar-refractivity contribution < 1.29 is 68.8 Å². The molecule has 0 saturated carbocycles. The molecule has 0 fully saturated rings. The zero-order valence-electron chi connectivity index (χ0n) is 73.1. The lowest BCUT2D eigenvalue weighted by atomic mass is 10.0. The summed E-state index contributed by atoms with van der Waals surface area (Å²) in [6.07, 6.45) is 92.2. The highest BCUT2D eigenvalue weighted by Crippen LogP contribution is 2.21. The third-order valence-corrected chi connectivity index (χ3v) is 21.0. The highest BCUT2D eigenvalue weighted by atomic mass is 35.5. The summed E-state index contributed by atoms with van der Waals surface area (Å²) < 4.78 is 10.3. The molecule has 0 aromatic carbocycles. The van der Waals surface area contributed by atoms with Gasteiger partial charge in [0, 0.05) is 0 Å². The standard InChI is InChI=1S/4C23H46NO.ClH.H3O4P/c4*1-5-7-8-9-10-11-12-13-14-15-16-17-18-19-20-21-23(25)24(3,4)22-6-2;;1-5(2,3)4/h4*6H,2,5,7-22H2,1,3-4H3;1H;(H3,1,2,3,4)/q4*+1;;/p-4. The van der Waals surface area contributed by atoms with E-state index in [1.165, 1.54) is 360 Å². The van der Waals surface area contributed by atoms with E-state index in [1.807, 2.05) is 80.7 Å². The molecule has 632 valence electrons. The average molecular weight is 1540 g/mol. The van der Waals surface area contributed by atoms with Crippen molar-refractivity contribution in [3.05, 3.63) is 50.6 Å². The number of likely N-dealkylation sites (N-methyl/N-ethyl adjacent to an activating group) is 4. The first-order valence-corrected chi connectivity index (χ1v) is 46.3. The van der Waals surface area contributed by atoms with Crippen LogP contribution in [-0.4, -0.2) is 124 Å². The summed E-state index contributed by atoms with van der Waals surface area (Å²) in [5, 5.41) is 0. The van der Waals surface area contributed by atoms with E-state index in [0.29, 0.717) is 41.6 Å². The van der Waals surface area contributed by atoms with Crippen molar-refractivity contribution in [3.63, 3.8) is 0 Å². The summed E-state index contributed by atoms with van der Waals surface area (Å²) in [7, 11) is 10.5. The van der Waals surface area contributed by atoms with Gasteiger partial charge in [-0.3, -0.25) is 17.9 Å². The maximum Gasteiger partial charge on any atom is 0.313 e. The molecule has 0 unspecified atom stereocenters. The van der Waals surface area contributed by atoms with Crippen LogP contribution in [-0.2, 0) is 23.7 Å². The number of hydrogen-bond acceptors (Lipinski definition) is 8. The Morgan fingerprint density at radius 1 is 0.226 bits per heavy atom. The molecule has 0 aliphatic heterocycles. The lowest BCUT2D eigenvalue weighted by Crippen LogP contribution is -3.00. The predicted octanol–water partition coefficient (Wildman–Crippen LogP) is 22.3. The summed E-state index contributed by atoms with van der Waals surface area (Å²) in [4.78, 5) is 74.1. The molecule has 0 N–H and O–H groups in total. The zero-order chi connectivity index (χ0) is 79.7. The smallest absolute Gasteiger partial charge is 0.313 e. The van der Waals surface area contributed by atoms with E-state index >= 15 is 0 Å². The summed E-state index contributed by atoms with van der Waals surface area (Å²) in [5.74, 6) is 1.37. The van der Waals surface area contributed by atoms with Crippen molar-refractivity contribution >= 4 is 31.5 Å². The topological polar surface area (TPSA) is 155 Å². The quantitative estimate of drug-likeness (QED) is 0.0252. The zero-order valence-corrected chi connectivity index (χ0v) is 74.8. The van der Waals surface area contributed by atoms with Crippen molar-refractivity contribution in [1.82, 2.24) is 0 Å². The number of halogens is 1. The Morgan fingerprint density at radius 3 is 0.396 bits per heavy atom. The fourth-order valence-corrected chi connectivity index (χ4v) is 13.5.